The van der Waals surface area contributed by atoms with Crippen LogP contribution >= 0.6 is 0 Å². The number of carboxylic acids is 1. The molecule has 1 saturated carbocycles. The quantitative estimate of drug-likeness (QED) is 0.439. The van der Waals surface area contributed by atoms with E-state index in [1.54, 1.807) is 11.8 Å². The van der Waals surface area contributed by atoms with E-state index < -0.39 is 29.8 Å². The van der Waals surface area contributed by atoms with Gasteiger partial charge in [0.25, 0.3) is 0 Å². The van der Waals surface area contributed by atoms with Gasteiger partial charge >= 0.3 is 18.2 Å². The standard InChI is InChI=1S/C25H31F2N3O2.C2HF3O2/c1-17(23-10-5-19(26)15-24(23)27)30(20-11-13-29(2)14-12-20)25(31)28-16-18-3-6-21(7-4-18)32-22-8-9-22;3-2(4,5)1(6)7/h3-7,10,15,17,20,22H,8-9,11-14,16H2,1-2H3,(H,28,31);(H,6,7)/t17-;/m1./s1. The van der Waals surface area contributed by atoms with Crippen molar-refractivity contribution in [1.29, 1.82) is 0 Å². The minimum atomic E-state index is -5.08. The normalized spacial score (nSPS) is 17.0. The molecular weight excluding hydrogens is 525 g/mol. The Bertz CT molecular complexity index is 1120. The van der Waals surface area contributed by atoms with Gasteiger partial charge < -0.3 is 25.0 Å². The maximum absolute atomic E-state index is 14.5. The number of aliphatic carboxylic acids is 1. The zero-order valence-corrected chi connectivity index (χ0v) is 21.7. The highest BCUT2D eigenvalue weighted by Gasteiger charge is 2.38. The van der Waals surface area contributed by atoms with E-state index in [0.29, 0.717) is 18.2 Å². The number of hydrogen-bond acceptors (Lipinski definition) is 4. The summed E-state index contributed by atoms with van der Waals surface area (Å²) >= 11 is 0. The van der Waals surface area contributed by atoms with E-state index in [2.05, 4.69) is 17.3 Å². The van der Waals surface area contributed by atoms with Gasteiger partial charge in [-0.05, 0) is 76.5 Å². The second-order valence-electron chi connectivity index (χ2n) is 9.71. The van der Waals surface area contributed by atoms with Crippen LogP contribution in [0.25, 0.3) is 0 Å². The number of carboxylic acid groups (broad SMARTS) is 1. The largest absolute Gasteiger partial charge is 0.490 e. The first kappa shape index (κ1) is 30.1. The Morgan fingerprint density at radius 1 is 1.08 bits per heavy atom. The number of nitrogens with one attached hydrogen (secondary N) is 1. The second kappa shape index (κ2) is 13.1. The number of ether oxygens (including phenoxy) is 1. The van der Waals surface area contributed by atoms with Crippen LogP contribution in [-0.4, -0.2) is 65.4 Å². The van der Waals surface area contributed by atoms with Crippen LogP contribution in [0.4, 0.5) is 26.7 Å². The van der Waals surface area contributed by atoms with Gasteiger partial charge in [0.15, 0.2) is 0 Å². The summed E-state index contributed by atoms with van der Waals surface area (Å²) in [4.78, 5) is 26.1. The van der Waals surface area contributed by atoms with Crippen molar-refractivity contribution in [2.75, 3.05) is 20.1 Å². The Morgan fingerprint density at radius 3 is 2.18 bits per heavy atom. The van der Waals surface area contributed by atoms with Crippen LogP contribution < -0.4 is 10.1 Å². The molecule has 1 aliphatic heterocycles. The first-order valence-corrected chi connectivity index (χ1v) is 12.6. The summed E-state index contributed by atoms with van der Waals surface area (Å²) in [7, 11) is 2.06. The van der Waals surface area contributed by atoms with Crippen LogP contribution in [0, 0.1) is 11.6 Å². The summed E-state index contributed by atoms with van der Waals surface area (Å²) in [5.41, 5.74) is 1.28. The van der Waals surface area contributed by atoms with Gasteiger partial charge in [0.2, 0.25) is 0 Å². The number of hydrogen-bond donors (Lipinski definition) is 2. The Labute approximate surface area is 223 Å². The molecule has 2 N–H and O–H groups in total. The van der Waals surface area contributed by atoms with Crippen LogP contribution in [0.3, 0.4) is 0 Å². The van der Waals surface area contributed by atoms with Gasteiger partial charge in [-0.3, -0.25) is 0 Å². The van der Waals surface area contributed by atoms with Crippen molar-refractivity contribution in [1.82, 2.24) is 15.1 Å². The number of rotatable bonds is 7. The smallest absolute Gasteiger partial charge is 0.490 e. The molecule has 39 heavy (non-hydrogen) atoms. The third kappa shape index (κ3) is 9.09. The summed E-state index contributed by atoms with van der Waals surface area (Å²) in [5, 5.41) is 10.1. The molecule has 2 aromatic rings. The maximum atomic E-state index is 14.5. The maximum Gasteiger partial charge on any atom is 0.490 e. The van der Waals surface area contributed by atoms with Crippen LogP contribution in [0.5, 0.6) is 5.75 Å². The van der Waals surface area contributed by atoms with Crippen molar-refractivity contribution in [3.05, 3.63) is 65.2 Å². The molecule has 2 amide bonds. The molecule has 1 heterocycles. The number of alkyl halides is 3. The van der Waals surface area contributed by atoms with Gasteiger partial charge in [-0.1, -0.05) is 18.2 Å². The van der Waals surface area contributed by atoms with Crippen molar-refractivity contribution >= 4 is 12.0 Å². The highest BCUT2D eigenvalue weighted by molar-refractivity contribution is 5.75. The lowest BCUT2D eigenvalue weighted by atomic mass is 9.98. The number of halogens is 5. The molecule has 0 aromatic heterocycles. The van der Waals surface area contributed by atoms with E-state index in [1.165, 1.54) is 12.1 Å². The zero-order valence-electron chi connectivity index (χ0n) is 21.7. The number of amides is 2. The monoisotopic (exact) mass is 557 g/mol. The summed E-state index contributed by atoms with van der Waals surface area (Å²) in [6.45, 7) is 3.91. The van der Waals surface area contributed by atoms with E-state index in [-0.39, 0.29) is 12.1 Å². The third-order valence-electron chi connectivity index (χ3n) is 6.58. The molecule has 1 atom stereocenters. The molecule has 2 fully saturated rings. The van der Waals surface area contributed by atoms with Crippen molar-refractivity contribution in [2.24, 2.45) is 0 Å². The van der Waals surface area contributed by atoms with Gasteiger partial charge in [-0.15, -0.1) is 0 Å². The molecule has 2 aromatic carbocycles. The predicted molar refractivity (Wildman–Crippen MR) is 133 cm³/mol. The van der Waals surface area contributed by atoms with E-state index in [1.807, 2.05) is 24.3 Å². The number of benzene rings is 2. The molecule has 7 nitrogen and oxygen atoms in total. The first-order chi connectivity index (χ1) is 18.3. The fourth-order valence-electron chi connectivity index (χ4n) is 4.25. The SMILES string of the molecule is C[C@H](c1ccc(F)cc1F)N(C(=O)NCc1ccc(OC2CC2)cc1)C1CCN(C)CC1.O=C(O)C(F)(F)F. The minimum absolute atomic E-state index is 0.0139. The number of carbonyl (C=O) groups excluding carboxylic acids is 1. The highest BCUT2D eigenvalue weighted by atomic mass is 19.4. The van der Waals surface area contributed by atoms with E-state index in [0.717, 1.165) is 56.2 Å². The second-order valence-corrected chi connectivity index (χ2v) is 9.71. The number of carbonyl (C=O) groups is 2. The number of piperidine rings is 1. The van der Waals surface area contributed by atoms with Gasteiger partial charge in [-0.25, -0.2) is 18.4 Å². The van der Waals surface area contributed by atoms with Crippen LogP contribution in [0.15, 0.2) is 42.5 Å². The lowest BCUT2D eigenvalue weighted by Gasteiger charge is -2.40. The number of likely N-dealkylation sites (tertiary alicyclic amines) is 1. The predicted octanol–water partition coefficient (Wildman–Crippen LogP) is 5.51. The lowest BCUT2D eigenvalue weighted by Crippen LogP contribution is -2.51. The van der Waals surface area contributed by atoms with Gasteiger partial charge in [0.05, 0.1) is 12.1 Å². The molecule has 0 bridgehead atoms. The van der Waals surface area contributed by atoms with Crippen LogP contribution in [-0.2, 0) is 11.3 Å². The van der Waals surface area contributed by atoms with Gasteiger partial charge in [0.1, 0.15) is 17.4 Å². The average Bonchev–Trinajstić information content (AvgIpc) is 3.69. The lowest BCUT2D eigenvalue weighted by molar-refractivity contribution is -0.192. The molecule has 4 rings (SSSR count). The molecular formula is C27H32F5N3O4. The van der Waals surface area contributed by atoms with Crippen molar-refractivity contribution < 1.29 is 41.4 Å². The molecule has 214 valence electrons. The molecule has 1 aliphatic carbocycles. The molecule has 0 radical (unpaired) electrons. The topological polar surface area (TPSA) is 82.1 Å². The van der Waals surface area contributed by atoms with E-state index in [4.69, 9.17) is 14.6 Å². The third-order valence-corrected chi connectivity index (χ3v) is 6.58. The summed E-state index contributed by atoms with van der Waals surface area (Å²) < 4.78 is 65.5. The Balaban J connectivity index is 0.000000532. The summed E-state index contributed by atoms with van der Waals surface area (Å²) in [5.74, 6) is -3.17. The Kier molecular flexibility index (Phi) is 10.1. The number of nitrogens with zero attached hydrogens (tertiary/aromatic N) is 2. The minimum Gasteiger partial charge on any atom is -0.490 e. The van der Waals surface area contributed by atoms with Crippen molar-refractivity contribution in [3.8, 4) is 5.75 Å². The van der Waals surface area contributed by atoms with Crippen LogP contribution in [0.1, 0.15) is 49.8 Å². The van der Waals surface area contributed by atoms with E-state index >= 15 is 0 Å². The molecule has 0 spiro atoms. The first-order valence-electron chi connectivity index (χ1n) is 12.6. The molecule has 0 unspecified atom stereocenters. The highest BCUT2D eigenvalue weighted by Crippen LogP contribution is 2.30. The Hall–Kier alpha value is -3.41. The average molecular weight is 558 g/mol. The molecule has 12 heteroatoms. The van der Waals surface area contributed by atoms with Crippen molar-refractivity contribution in [2.45, 2.75) is 63.5 Å². The molecule has 2 aliphatic rings. The fraction of sp³-hybridized carbons (Fsp3) is 0.481. The fourth-order valence-corrected chi connectivity index (χ4v) is 4.25. The Morgan fingerprint density at radius 2 is 1.67 bits per heavy atom. The van der Waals surface area contributed by atoms with Gasteiger partial charge in [0, 0.05) is 24.2 Å². The molecule has 1 saturated heterocycles. The number of urea groups is 1. The van der Waals surface area contributed by atoms with Crippen LogP contribution in [0.2, 0.25) is 0 Å². The summed E-state index contributed by atoms with van der Waals surface area (Å²) in [6.07, 6.45) is -0.902. The zero-order chi connectivity index (χ0) is 28.7. The van der Waals surface area contributed by atoms with Gasteiger partial charge in [-0.2, -0.15) is 13.2 Å². The van der Waals surface area contributed by atoms with E-state index in [9.17, 15) is 26.7 Å². The van der Waals surface area contributed by atoms with Crippen molar-refractivity contribution in [3.63, 3.8) is 0 Å². The summed E-state index contributed by atoms with van der Waals surface area (Å²) in [6, 6.07) is 10.5.